The molecule has 5 aliphatic rings. The fraction of sp³-hybridized carbons (Fsp3) is 0.159. The third-order valence-electron chi connectivity index (χ3n) is 17.8. The first kappa shape index (κ1) is 40.9. The topological polar surface area (TPSA) is 16.4 Å². The van der Waals surface area contributed by atoms with Crippen molar-refractivity contribution < 1.29 is 4.42 Å². The van der Waals surface area contributed by atoms with Crippen molar-refractivity contribution >= 4 is 49.8 Å². The minimum atomic E-state index is -0.550. The van der Waals surface area contributed by atoms with E-state index >= 15 is 0 Å². The molecular formula is C69H53NO. The van der Waals surface area contributed by atoms with Gasteiger partial charge in [-0.15, -0.1) is 0 Å². The van der Waals surface area contributed by atoms with Crippen molar-refractivity contribution in [2.45, 2.75) is 42.9 Å². The summed E-state index contributed by atoms with van der Waals surface area (Å²) in [5.41, 5.74) is 18.0. The second-order valence-electron chi connectivity index (χ2n) is 21.1. The highest BCUT2D eigenvalue weighted by Gasteiger charge is 2.63. The molecule has 0 radical (unpaired) electrons. The molecule has 4 bridgehead atoms. The van der Waals surface area contributed by atoms with Gasteiger partial charge in [-0.2, -0.15) is 0 Å². The summed E-state index contributed by atoms with van der Waals surface area (Å²) in [4.78, 5) is 2.54. The third kappa shape index (κ3) is 5.88. The van der Waals surface area contributed by atoms with Crippen molar-refractivity contribution in [2.24, 2.45) is 23.7 Å². The lowest BCUT2D eigenvalue weighted by Crippen LogP contribution is -2.59. The molecule has 11 aromatic rings. The zero-order valence-electron chi connectivity index (χ0n) is 39.7. The van der Waals surface area contributed by atoms with E-state index in [1.165, 1.54) is 98.8 Å². The maximum Gasteiger partial charge on any atom is 0.136 e. The third-order valence-corrected chi connectivity index (χ3v) is 17.8. The Hall–Kier alpha value is -7.94. The molecule has 0 unspecified atom stereocenters. The highest BCUT2D eigenvalue weighted by molar-refractivity contribution is 6.13. The van der Waals surface area contributed by atoms with Crippen LogP contribution in [0.25, 0.3) is 55.0 Å². The van der Waals surface area contributed by atoms with Gasteiger partial charge in [-0.3, -0.25) is 0 Å². The number of nitrogens with zero attached hydrogens (tertiary/aromatic N) is 1. The summed E-state index contributed by atoms with van der Waals surface area (Å²) in [6, 6.07) is 89.1. The van der Waals surface area contributed by atoms with E-state index in [1.54, 1.807) is 11.1 Å². The Kier molecular flexibility index (Phi) is 9.09. The van der Waals surface area contributed by atoms with Crippen LogP contribution in [0, 0.1) is 23.7 Å². The first-order chi connectivity index (χ1) is 35.2. The molecule has 4 fully saturated rings. The van der Waals surface area contributed by atoms with Crippen LogP contribution in [0.1, 0.15) is 65.5 Å². The zero-order valence-corrected chi connectivity index (χ0v) is 39.7. The normalized spacial score (nSPS) is 21.4. The molecule has 0 saturated heterocycles. The summed E-state index contributed by atoms with van der Waals surface area (Å²) in [5.74, 6) is 2.95. The fourth-order valence-electron chi connectivity index (χ4n) is 15.4. The Morgan fingerprint density at radius 2 is 0.930 bits per heavy atom. The zero-order chi connectivity index (χ0) is 46.7. The Morgan fingerprint density at radius 1 is 0.380 bits per heavy atom. The van der Waals surface area contributed by atoms with Crippen LogP contribution in [-0.2, 0) is 10.8 Å². The molecule has 4 saturated carbocycles. The Labute approximate surface area is 415 Å². The second kappa shape index (κ2) is 15.8. The fourth-order valence-corrected chi connectivity index (χ4v) is 15.4. The minimum Gasteiger partial charge on any atom is -0.456 e. The number of anilines is 3. The van der Waals surface area contributed by atoms with Gasteiger partial charge < -0.3 is 9.32 Å². The van der Waals surface area contributed by atoms with Crippen molar-refractivity contribution in [3.05, 3.63) is 270 Å². The molecule has 0 aliphatic heterocycles. The number of fused-ring (bicyclic) bond motifs is 6. The molecule has 1 heterocycles. The smallest absolute Gasteiger partial charge is 0.136 e. The average Bonchev–Trinajstić information content (AvgIpc) is 3.82. The lowest BCUT2D eigenvalue weighted by Gasteiger charge is -2.65. The first-order valence-electron chi connectivity index (χ1n) is 25.9. The molecule has 0 N–H and O–H groups in total. The Balaban J connectivity index is 0.966. The van der Waals surface area contributed by atoms with Crippen LogP contribution in [0.4, 0.5) is 17.1 Å². The van der Waals surface area contributed by atoms with Crippen LogP contribution in [0.2, 0.25) is 0 Å². The van der Waals surface area contributed by atoms with Gasteiger partial charge in [0, 0.05) is 32.9 Å². The van der Waals surface area contributed by atoms with Gasteiger partial charge in [0.15, 0.2) is 0 Å². The van der Waals surface area contributed by atoms with Gasteiger partial charge in [0.25, 0.3) is 0 Å². The average molecular weight is 912 g/mol. The van der Waals surface area contributed by atoms with Crippen molar-refractivity contribution in [3.63, 3.8) is 0 Å². The SMILES string of the molecule is c1ccc(C2(c3ccccc3)c3ccccc3C3(c4ccc(N(c5ccc(-c6ccccc6-c6cccc7oc8ccccc8c67)cc5)c5cccc6ccccc56)cc42)C2CC4CC(C2)CC3C4)cc1. The molecule has 1 aromatic heterocycles. The monoisotopic (exact) mass is 911 g/mol. The molecule has 340 valence electrons. The minimum absolute atomic E-state index is 0.0443. The highest BCUT2D eigenvalue weighted by atomic mass is 16.3. The summed E-state index contributed by atoms with van der Waals surface area (Å²) < 4.78 is 6.38. The van der Waals surface area contributed by atoms with Crippen LogP contribution >= 0.6 is 0 Å². The van der Waals surface area contributed by atoms with Gasteiger partial charge in [0.1, 0.15) is 11.2 Å². The predicted molar refractivity (Wildman–Crippen MR) is 293 cm³/mol. The van der Waals surface area contributed by atoms with E-state index in [0.717, 1.165) is 39.5 Å². The van der Waals surface area contributed by atoms with Crippen LogP contribution in [0.3, 0.4) is 0 Å². The van der Waals surface area contributed by atoms with E-state index in [1.807, 2.05) is 6.07 Å². The molecule has 71 heavy (non-hydrogen) atoms. The van der Waals surface area contributed by atoms with Crippen LogP contribution in [0.5, 0.6) is 0 Å². The van der Waals surface area contributed by atoms with Gasteiger partial charge in [0.2, 0.25) is 0 Å². The van der Waals surface area contributed by atoms with E-state index in [4.69, 9.17) is 4.42 Å². The molecular weight excluding hydrogens is 859 g/mol. The molecule has 0 atom stereocenters. The lowest BCUT2D eigenvalue weighted by atomic mass is 9.38. The maximum atomic E-state index is 6.38. The van der Waals surface area contributed by atoms with E-state index in [-0.39, 0.29) is 5.41 Å². The van der Waals surface area contributed by atoms with Crippen LogP contribution in [-0.4, -0.2) is 0 Å². The number of hydrogen-bond donors (Lipinski definition) is 0. The Bertz CT molecular complexity index is 3770. The number of furan rings is 1. The number of hydrogen-bond acceptors (Lipinski definition) is 2. The highest BCUT2D eigenvalue weighted by Crippen LogP contribution is 2.70. The van der Waals surface area contributed by atoms with Gasteiger partial charge >= 0.3 is 0 Å². The quantitative estimate of drug-likeness (QED) is 0.158. The summed E-state index contributed by atoms with van der Waals surface area (Å²) in [6.45, 7) is 0. The summed E-state index contributed by atoms with van der Waals surface area (Å²) in [6.07, 6.45) is 6.75. The molecule has 1 spiro atoms. The Morgan fingerprint density at radius 3 is 1.68 bits per heavy atom. The molecule has 2 heteroatoms. The van der Waals surface area contributed by atoms with E-state index in [0.29, 0.717) is 11.8 Å². The van der Waals surface area contributed by atoms with Crippen LogP contribution in [0.15, 0.2) is 241 Å². The van der Waals surface area contributed by atoms with Gasteiger partial charge in [0.05, 0.1) is 11.1 Å². The number of benzene rings is 10. The van der Waals surface area contributed by atoms with E-state index in [9.17, 15) is 0 Å². The summed E-state index contributed by atoms with van der Waals surface area (Å²) in [7, 11) is 0. The molecule has 0 amide bonds. The summed E-state index contributed by atoms with van der Waals surface area (Å²) in [5, 5.41) is 4.74. The number of para-hydroxylation sites is 1. The van der Waals surface area contributed by atoms with Crippen LogP contribution < -0.4 is 4.90 Å². The lowest BCUT2D eigenvalue weighted by molar-refractivity contribution is -0.0440. The second-order valence-corrected chi connectivity index (χ2v) is 21.1. The van der Waals surface area contributed by atoms with Crippen molar-refractivity contribution in [2.75, 3.05) is 4.90 Å². The maximum absolute atomic E-state index is 6.38. The first-order valence-corrected chi connectivity index (χ1v) is 25.9. The van der Waals surface area contributed by atoms with Crippen molar-refractivity contribution in [1.82, 2.24) is 0 Å². The molecule has 10 aromatic carbocycles. The van der Waals surface area contributed by atoms with Gasteiger partial charge in [-0.05, 0) is 159 Å². The molecule has 5 aliphatic carbocycles. The largest absolute Gasteiger partial charge is 0.456 e. The van der Waals surface area contributed by atoms with Crippen molar-refractivity contribution in [3.8, 4) is 22.3 Å². The number of rotatable bonds is 7. The van der Waals surface area contributed by atoms with E-state index < -0.39 is 5.41 Å². The summed E-state index contributed by atoms with van der Waals surface area (Å²) >= 11 is 0. The van der Waals surface area contributed by atoms with E-state index in [2.05, 4.69) is 235 Å². The predicted octanol–water partition coefficient (Wildman–Crippen LogP) is 18.0. The molecule has 16 rings (SSSR count). The van der Waals surface area contributed by atoms with Gasteiger partial charge in [-0.25, -0.2) is 0 Å². The van der Waals surface area contributed by atoms with Crippen molar-refractivity contribution in [1.29, 1.82) is 0 Å². The standard InChI is InChI=1S/C69H53NO/c1-3-19-49(20-4-1)68(50-21-5-2-6-22-50)60-28-12-13-29-61(60)69(51-40-45-39-46(42-51)43-52(69)41-45)62-38-37-54(44-63(62)68)70(64-30-15-18-47-17-7-8-24-56(47)64)53-35-33-48(34-36-53)55-23-9-10-25-57(55)58-27-16-32-66-67(58)59-26-11-14-31-65(59)71-66/h1-38,44-46,51-52H,39-43H2. The molecule has 2 nitrogen and oxygen atoms in total. The van der Waals surface area contributed by atoms with Gasteiger partial charge in [-0.1, -0.05) is 194 Å².